The highest BCUT2D eigenvalue weighted by atomic mass is 32.2. The zero-order chi connectivity index (χ0) is 16.0. The van der Waals surface area contributed by atoms with Crippen LogP contribution in [0.5, 0.6) is 0 Å². The number of sulfone groups is 1. The van der Waals surface area contributed by atoms with Crippen molar-refractivity contribution in [3.05, 3.63) is 0 Å². The molecule has 0 amide bonds. The SMILES string of the molecule is CCOC(=O)CS(=O)(=O)CCCO[Si](C)(C)C(C)(C)C. The molecule has 0 aromatic carbocycles. The summed E-state index contributed by atoms with van der Waals surface area (Å²) in [6, 6.07) is 0. The van der Waals surface area contributed by atoms with Crippen LogP contribution in [0.25, 0.3) is 0 Å². The largest absolute Gasteiger partial charge is 0.465 e. The van der Waals surface area contributed by atoms with E-state index in [1.807, 2.05) is 0 Å². The Bertz CT molecular complexity index is 409. The van der Waals surface area contributed by atoms with Gasteiger partial charge in [-0.1, -0.05) is 20.8 Å². The molecule has 120 valence electrons. The first-order chi connectivity index (χ1) is 8.91. The fourth-order valence-corrected chi connectivity index (χ4v) is 3.51. The molecular weight excluding hydrogens is 296 g/mol. The molecule has 0 N–H and O–H groups in total. The van der Waals surface area contributed by atoms with Crippen molar-refractivity contribution in [3.63, 3.8) is 0 Å². The summed E-state index contributed by atoms with van der Waals surface area (Å²) in [4.78, 5) is 11.2. The summed E-state index contributed by atoms with van der Waals surface area (Å²) >= 11 is 0. The van der Waals surface area contributed by atoms with Gasteiger partial charge in [-0.15, -0.1) is 0 Å². The van der Waals surface area contributed by atoms with Crippen molar-refractivity contribution < 1.29 is 22.4 Å². The van der Waals surface area contributed by atoms with Gasteiger partial charge in [-0.2, -0.15) is 0 Å². The van der Waals surface area contributed by atoms with Crippen LogP contribution in [0.2, 0.25) is 18.1 Å². The Hall–Kier alpha value is -0.403. The minimum absolute atomic E-state index is 0.0412. The molecular formula is C13H28O5SSi. The van der Waals surface area contributed by atoms with Gasteiger partial charge in [0.1, 0.15) is 5.75 Å². The second-order valence-corrected chi connectivity index (χ2v) is 13.4. The minimum atomic E-state index is -3.40. The van der Waals surface area contributed by atoms with E-state index < -0.39 is 29.9 Å². The molecule has 0 aromatic rings. The third-order valence-electron chi connectivity index (χ3n) is 3.51. The summed E-state index contributed by atoms with van der Waals surface area (Å²) in [5.41, 5.74) is 0. The highest BCUT2D eigenvalue weighted by Gasteiger charge is 2.36. The lowest BCUT2D eigenvalue weighted by molar-refractivity contribution is -0.139. The molecule has 20 heavy (non-hydrogen) atoms. The number of rotatable bonds is 8. The van der Waals surface area contributed by atoms with Gasteiger partial charge in [-0.05, 0) is 31.5 Å². The van der Waals surface area contributed by atoms with Gasteiger partial charge < -0.3 is 9.16 Å². The lowest BCUT2D eigenvalue weighted by atomic mass is 10.2. The molecule has 0 atom stereocenters. The topological polar surface area (TPSA) is 69.7 Å². The Kier molecular flexibility index (Phi) is 7.41. The number of hydrogen-bond acceptors (Lipinski definition) is 5. The fraction of sp³-hybridized carbons (Fsp3) is 0.923. The molecule has 0 spiro atoms. The first kappa shape index (κ1) is 19.6. The predicted molar refractivity (Wildman–Crippen MR) is 83.1 cm³/mol. The molecule has 0 rings (SSSR count). The molecule has 0 aliphatic heterocycles. The highest BCUT2D eigenvalue weighted by molar-refractivity contribution is 7.92. The quantitative estimate of drug-likeness (QED) is 0.389. The average molecular weight is 325 g/mol. The number of hydrogen-bond donors (Lipinski definition) is 0. The van der Waals surface area contributed by atoms with E-state index >= 15 is 0 Å². The first-order valence-corrected chi connectivity index (χ1v) is 11.6. The van der Waals surface area contributed by atoms with E-state index in [0.717, 1.165) is 0 Å². The first-order valence-electron chi connectivity index (χ1n) is 6.91. The molecule has 0 fully saturated rings. The molecule has 0 unspecified atom stereocenters. The van der Waals surface area contributed by atoms with Crippen molar-refractivity contribution in [1.82, 2.24) is 0 Å². The van der Waals surface area contributed by atoms with E-state index in [0.29, 0.717) is 13.0 Å². The van der Waals surface area contributed by atoms with E-state index in [4.69, 9.17) is 4.43 Å². The van der Waals surface area contributed by atoms with Gasteiger partial charge in [-0.3, -0.25) is 4.79 Å². The summed E-state index contributed by atoms with van der Waals surface area (Å²) in [6.07, 6.45) is 0.411. The van der Waals surface area contributed by atoms with Crippen LogP contribution in [0.15, 0.2) is 0 Å². The van der Waals surface area contributed by atoms with E-state index in [1.54, 1.807) is 6.92 Å². The molecule has 0 aliphatic carbocycles. The lowest BCUT2D eigenvalue weighted by Crippen LogP contribution is -2.41. The molecule has 7 heteroatoms. The summed E-state index contributed by atoms with van der Waals surface area (Å²) in [7, 11) is -5.23. The molecule has 0 heterocycles. The lowest BCUT2D eigenvalue weighted by Gasteiger charge is -2.36. The summed E-state index contributed by atoms with van der Waals surface area (Å²) in [5, 5.41) is 0.108. The Labute approximate surface area is 124 Å². The average Bonchev–Trinajstić information content (AvgIpc) is 2.22. The van der Waals surface area contributed by atoms with Crippen molar-refractivity contribution in [2.45, 2.75) is 52.2 Å². The number of carbonyl (C=O) groups excluding carboxylic acids is 1. The molecule has 0 aliphatic rings. The van der Waals surface area contributed by atoms with Crippen LogP contribution in [0.4, 0.5) is 0 Å². The van der Waals surface area contributed by atoms with Crippen molar-refractivity contribution in [2.24, 2.45) is 0 Å². The monoisotopic (exact) mass is 324 g/mol. The van der Waals surface area contributed by atoms with Gasteiger partial charge >= 0.3 is 5.97 Å². The molecule has 5 nitrogen and oxygen atoms in total. The Balaban J connectivity index is 4.16. The fourth-order valence-electron chi connectivity index (χ4n) is 1.28. The van der Waals surface area contributed by atoms with Crippen LogP contribution in [0, 0.1) is 0 Å². The smallest absolute Gasteiger partial charge is 0.321 e. The highest BCUT2D eigenvalue weighted by Crippen LogP contribution is 2.36. The van der Waals surface area contributed by atoms with E-state index in [-0.39, 0.29) is 17.4 Å². The minimum Gasteiger partial charge on any atom is -0.465 e. The summed E-state index contributed by atoms with van der Waals surface area (Å²) in [5.74, 6) is -1.26. The van der Waals surface area contributed by atoms with Crippen molar-refractivity contribution in [3.8, 4) is 0 Å². The zero-order valence-corrected chi connectivity index (χ0v) is 15.3. The van der Waals surface area contributed by atoms with Crippen molar-refractivity contribution in [2.75, 3.05) is 24.7 Å². The molecule has 0 radical (unpaired) electrons. The third kappa shape index (κ3) is 7.40. The molecule has 0 saturated heterocycles. The van der Waals surface area contributed by atoms with Gasteiger partial charge in [0.05, 0.1) is 12.4 Å². The zero-order valence-electron chi connectivity index (χ0n) is 13.5. The third-order valence-corrected chi connectivity index (χ3v) is 9.64. The van der Waals surface area contributed by atoms with Crippen LogP contribution < -0.4 is 0 Å². The van der Waals surface area contributed by atoms with E-state index in [1.165, 1.54) is 0 Å². The maximum absolute atomic E-state index is 11.7. The van der Waals surface area contributed by atoms with Gasteiger partial charge in [0.15, 0.2) is 18.2 Å². The van der Waals surface area contributed by atoms with Gasteiger partial charge in [-0.25, -0.2) is 8.42 Å². The van der Waals surface area contributed by atoms with Gasteiger partial charge in [0.25, 0.3) is 0 Å². The van der Waals surface area contributed by atoms with Gasteiger partial charge in [0.2, 0.25) is 0 Å². The normalized spacial score (nSPS) is 13.3. The van der Waals surface area contributed by atoms with Crippen LogP contribution in [0.3, 0.4) is 0 Å². The summed E-state index contributed by atoms with van der Waals surface area (Å²) in [6.45, 7) is 12.9. The Morgan fingerprint density at radius 3 is 2.20 bits per heavy atom. The maximum atomic E-state index is 11.7. The number of ether oxygens (including phenoxy) is 1. The van der Waals surface area contributed by atoms with Crippen LogP contribution in [0.1, 0.15) is 34.1 Å². The van der Waals surface area contributed by atoms with Crippen LogP contribution in [-0.4, -0.2) is 47.4 Å². The van der Waals surface area contributed by atoms with Crippen LogP contribution >= 0.6 is 0 Å². The molecule has 0 saturated carbocycles. The number of carbonyl (C=O) groups is 1. The standard InChI is InChI=1S/C13H28O5SSi/c1-7-17-12(14)11-19(15,16)10-8-9-18-20(5,6)13(2,3)4/h7-11H2,1-6H3. The second-order valence-electron chi connectivity index (χ2n) is 6.36. The maximum Gasteiger partial charge on any atom is 0.321 e. The van der Waals surface area contributed by atoms with Crippen molar-refractivity contribution >= 4 is 24.1 Å². The number of esters is 1. The summed E-state index contributed by atoms with van der Waals surface area (Å²) < 4.78 is 33.9. The van der Waals surface area contributed by atoms with E-state index in [2.05, 4.69) is 38.6 Å². The van der Waals surface area contributed by atoms with Gasteiger partial charge in [0, 0.05) is 6.61 Å². The van der Waals surface area contributed by atoms with Crippen molar-refractivity contribution in [1.29, 1.82) is 0 Å². The molecule has 0 bridgehead atoms. The Morgan fingerprint density at radius 1 is 1.20 bits per heavy atom. The van der Waals surface area contributed by atoms with E-state index in [9.17, 15) is 13.2 Å². The van der Waals surface area contributed by atoms with Crippen LogP contribution in [-0.2, 0) is 23.8 Å². The Morgan fingerprint density at radius 2 is 1.75 bits per heavy atom. The second kappa shape index (κ2) is 7.56. The molecule has 0 aromatic heterocycles. The predicted octanol–water partition coefficient (Wildman–Crippen LogP) is 2.38.